The third kappa shape index (κ3) is 7.30. The first kappa shape index (κ1) is 32.6. The molecule has 21 nitrogen and oxygen atoms in total. The molecule has 2 unspecified atom stereocenters. The molecule has 0 spiro atoms. The van der Waals surface area contributed by atoms with Gasteiger partial charge in [0.25, 0.3) is 0 Å². The Kier molecular flexibility index (Phi) is 10.5. The second kappa shape index (κ2) is 12.3. The summed E-state index contributed by atoms with van der Waals surface area (Å²) in [6.45, 7) is -1.23. The molecule has 3 fully saturated rings. The largest absolute Gasteiger partial charge is 0.483 e. The third-order valence-corrected chi connectivity index (χ3v) is 7.99. The van der Waals surface area contributed by atoms with Crippen molar-refractivity contribution in [3.05, 3.63) is 0 Å². The normalized spacial score (nSPS) is 39.0. The fourth-order valence-corrected chi connectivity index (χ4v) is 5.71. The summed E-state index contributed by atoms with van der Waals surface area (Å²) < 4.78 is 47.0. The van der Waals surface area contributed by atoms with Gasteiger partial charge in [0, 0.05) is 13.0 Å². The van der Waals surface area contributed by atoms with Crippen LogP contribution >= 0.6 is 15.6 Å². The fourth-order valence-electron chi connectivity index (χ4n) is 3.56. The number of phosphoric acid groups is 2. The van der Waals surface area contributed by atoms with Gasteiger partial charge in [-0.25, -0.2) is 18.7 Å². The number of aliphatic carboxylic acids is 1. The van der Waals surface area contributed by atoms with Gasteiger partial charge >= 0.3 is 27.6 Å². The van der Waals surface area contributed by atoms with E-state index in [4.69, 9.17) is 9.84 Å². The van der Waals surface area contributed by atoms with Gasteiger partial charge in [0.1, 0.15) is 36.6 Å². The van der Waals surface area contributed by atoms with Crippen LogP contribution in [0.4, 0.5) is 4.79 Å². The topological polar surface area (TPSA) is 344 Å². The minimum Gasteiger partial charge on any atom is -0.479 e. The zero-order chi connectivity index (χ0) is 27.9. The van der Waals surface area contributed by atoms with Crippen molar-refractivity contribution in [2.75, 3.05) is 13.2 Å². The molecule has 0 aromatic carbocycles. The summed E-state index contributed by atoms with van der Waals surface area (Å²) in [5, 5.41) is 60.3. The number of carbonyl (C=O) groups excluding carboxylic acids is 2. The molecule has 3 amide bonds. The molecular formula is C15H27N3O18P2. The quantitative estimate of drug-likeness (QED) is 0.112. The number of hydrogen-bond acceptors (Lipinski definition) is 16. The number of aliphatic hydroxyl groups excluding tert-OH is 5. The van der Waals surface area contributed by atoms with Crippen LogP contribution in [-0.2, 0) is 41.6 Å². The van der Waals surface area contributed by atoms with Gasteiger partial charge in [-0.3, -0.25) is 24.1 Å². The smallest absolute Gasteiger partial charge is 0.479 e. The van der Waals surface area contributed by atoms with Gasteiger partial charge < -0.3 is 56.1 Å². The minimum absolute atomic E-state index is 0. The molecule has 0 aromatic heterocycles. The van der Waals surface area contributed by atoms with Gasteiger partial charge in [0.2, 0.25) is 5.91 Å². The number of nitrogens with one attached hydrogen (secondary N) is 1. The van der Waals surface area contributed by atoms with Crippen molar-refractivity contribution < 1.29 is 86.8 Å². The van der Waals surface area contributed by atoms with Gasteiger partial charge in [0.05, 0.1) is 6.61 Å². The molecule has 12 N–H and O–H groups in total. The Hall–Kier alpha value is -1.65. The van der Waals surface area contributed by atoms with Crippen molar-refractivity contribution in [1.29, 1.82) is 0 Å². The first-order valence-corrected chi connectivity index (χ1v) is 13.3. The zero-order valence-electron chi connectivity index (χ0n) is 19.0. The van der Waals surface area contributed by atoms with Crippen molar-refractivity contribution in [1.82, 2.24) is 16.4 Å². The summed E-state index contributed by atoms with van der Waals surface area (Å²) >= 11 is 0. The number of carboxylic acids is 1. The Balaban J connectivity index is 0.00000507. The molecule has 3 aliphatic heterocycles. The number of carbonyl (C=O) groups is 3. The molecule has 3 heterocycles. The summed E-state index contributed by atoms with van der Waals surface area (Å²) in [5.74, 6) is -2.43. The second-order valence-corrected chi connectivity index (χ2v) is 11.0. The molecule has 23 heteroatoms. The van der Waals surface area contributed by atoms with Gasteiger partial charge in [0.15, 0.2) is 18.6 Å². The Bertz CT molecular complexity index is 1000. The molecule has 3 aliphatic rings. The van der Waals surface area contributed by atoms with E-state index in [0.717, 1.165) is 4.90 Å². The molecule has 0 saturated carbocycles. The highest BCUT2D eigenvalue weighted by Gasteiger charge is 2.52. The van der Waals surface area contributed by atoms with E-state index in [9.17, 15) is 58.8 Å². The van der Waals surface area contributed by atoms with E-state index in [1.54, 1.807) is 0 Å². The number of aliphatic hydroxyl groups is 5. The summed E-state index contributed by atoms with van der Waals surface area (Å²) in [4.78, 5) is 54.7. The van der Waals surface area contributed by atoms with Gasteiger partial charge in [-0.1, -0.05) is 0 Å². The van der Waals surface area contributed by atoms with Crippen molar-refractivity contribution in [2.45, 2.75) is 61.7 Å². The van der Waals surface area contributed by atoms with Crippen LogP contribution in [0.5, 0.6) is 0 Å². The molecule has 0 aliphatic carbocycles. The van der Waals surface area contributed by atoms with E-state index in [-0.39, 0.29) is 19.1 Å². The van der Waals surface area contributed by atoms with Crippen LogP contribution < -0.4 is 11.5 Å². The molecule has 3 rings (SSSR count). The van der Waals surface area contributed by atoms with Crippen molar-refractivity contribution in [3.8, 4) is 0 Å². The van der Waals surface area contributed by atoms with E-state index in [2.05, 4.69) is 18.1 Å². The number of carboxylic acid groups (broad SMARTS) is 1. The number of nitrogens with zero attached hydrogens (tertiary/aromatic N) is 1. The standard InChI is InChI=1S/C15H24N2O18P2.H3N/c18-5-1-2-17(15(26)16-5)12-9(22)6(19)4(32-12)3-31-36(27,28)35-37(29,30)34-14-10(23)7(20)8(21)11(33-14)13(24)25;/h4,6-12,14,19-23H,1-3H2,(H,24,25)(H,27,28)(H,29,30)(H,16,18,26);1H3/t4-,6-,7+,8+,9-,10-,11+,12-,14-;/m1./s1. The van der Waals surface area contributed by atoms with E-state index in [1.807, 2.05) is 5.32 Å². The fraction of sp³-hybridized carbons (Fsp3) is 0.800. The maximum atomic E-state index is 12.2. The lowest BCUT2D eigenvalue weighted by atomic mass is 9.99. The molecule has 220 valence electrons. The molecule has 0 aromatic rings. The van der Waals surface area contributed by atoms with Gasteiger partial charge in [-0.05, 0) is 0 Å². The number of amides is 3. The van der Waals surface area contributed by atoms with Crippen LogP contribution in [0.1, 0.15) is 6.42 Å². The SMILES string of the molecule is N.O=C1CCN([C@@H]2O[C@H](COP(=O)(O)OP(=O)(O)O[C@H]3O[C@H](C(=O)O)[C@@H](O)[C@H](O)[C@H]3O)[C@@H](O)[C@H]2O)C(=O)N1. The zero-order valence-corrected chi connectivity index (χ0v) is 20.8. The molecule has 11 atom stereocenters. The first-order valence-electron chi connectivity index (χ1n) is 10.3. The van der Waals surface area contributed by atoms with Crippen LogP contribution in [0, 0.1) is 0 Å². The average Bonchev–Trinajstić information content (AvgIpc) is 3.05. The van der Waals surface area contributed by atoms with Crippen LogP contribution in [0.3, 0.4) is 0 Å². The van der Waals surface area contributed by atoms with Gasteiger partial charge in [-0.2, -0.15) is 4.31 Å². The molecule has 3 saturated heterocycles. The summed E-state index contributed by atoms with van der Waals surface area (Å²) in [5.41, 5.74) is 0. The van der Waals surface area contributed by atoms with Crippen LogP contribution in [0.15, 0.2) is 0 Å². The predicted molar refractivity (Wildman–Crippen MR) is 113 cm³/mol. The number of phosphoric ester groups is 2. The number of ether oxygens (including phenoxy) is 2. The molecule has 0 bridgehead atoms. The second-order valence-electron chi connectivity index (χ2n) is 8.00. The van der Waals surface area contributed by atoms with E-state index >= 15 is 0 Å². The Morgan fingerprint density at radius 1 is 0.974 bits per heavy atom. The van der Waals surface area contributed by atoms with E-state index in [1.165, 1.54) is 0 Å². The maximum absolute atomic E-state index is 12.2. The van der Waals surface area contributed by atoms with Crippen molar-refractivity contribution >= 4 is 33.6 Å². The first-order chi connectivity index (χ1) is 17.0. The van der Waals surface area contributed by atoms with Crippen molar-refractivity contribution in [3.63, 3.8) is 0 Å². The van der Waals surface area contributed by atoms with Gasteiger partial charge in [-0.15, -0.1) is 0 Å². The highest BCUT2D eigenvalue weighted by Crippen LogP contribution is 2.61. The van der Waals surface area contributed by atoms with Crippen LogP contribution in [0.25, 0.3) is 0 Å². The molecule has 0 radical (unpaired) electrons. The average molecular weight is 599 g/mol. The lowest BCUT2D eigenvalue weighted by Gasteiger charge is -2.38. The third-order valence-electron chi connectivity index (χ3n) is 5.39. The number of imide groups is 1. The van der Waals surface area contributed by atoms with Crippen molar-refractivity contribution in [2.24, 2.45) is 0 Å². The molecule has 38 heavy (non-hydrogen) atoms. The summed E-state index contributed by atoms with van der Waals surface area (Å²) in [6.07, 6.45) is -18.1. The van der Waals surface area contributed by atoms with E-state index in [0.29, 0.717) is 0 Å². The number of rotatable bonds is 9. The monoisotopic (exact) mass is 599 g/mol. The Morgan fingerprint density at radius 2 is 1.61 bits per heavy atom. The van der Waals surface area contributed by atoms with E-state index < -0.39 is 95.4 Å². The number of urea groups is 1. The summed E-state index contributed by atoms with van der Waals surface area (Å²) in [6, 6.07) is -0.932. The lowest BCUT2D eigenvalue weighted by Crippen LogP contribution is -2.60. The highest BCUT2D eigenvalue weighted by atomic mass is 31.3. The number of hydrogen-bond donors (Lipinski definition) is 10. The summed E-state index contributed by atoms with van der Waals surface area (Å²) in [7, 11) is -11.3. The predicted octanol–water partition coefficient (Wildman–Crippen LogP) is -4.32. The minimum atomic E-state index is -5.71. The molecular weight excluding hydrogens is 572 g/mol. The lowest BCUT2D eigenvalue weighted by molar-refractivity contribution is -0.274. The maximum Gasteiger partial charge on any atom is 0.483 e. The Morgan fingerprint density at radius 3 is 2.18 bits per heavy atom. The highest BCUT2D eigenvalue weighted by molar-refractivity contribution is 7.61. The van der Waals surface area contributed by atoms with Crippen LogP contribution in [0.2, 0.25) is 0 Å². The Labute approximate surface area is 212 Å². The van der Waals surface area contributed by atoms with Crippen LogP contribution in [-0.4, -0.2) is 132 Å².